The monoisotopic (exact) mass is 208 g/mol. The average molecular weight is 208 g/mol. The standard InChI is InChI=1S/C12H20N2O/c1-2-12(15)14-7-9-5-13(11-3-4-11)6-10(9)8-14/h9-11H,2-8H2,1H3. The number of amides is 1. The third-order valence-corrected chi connectivity index (χ3v) is 4.23. The number of nitrogens with zero attached hydrogens (tertiary/aromatic N) is 2. The van der Waals surface area contributed by atoms with Gasteiger partial charge in [-0.1, -0.05) is 6.92 Å². The summed E-state index contributed by atoms with van der Waals surface area (Å²) in [5.41, 5.74) is 0. The van der Waals surface area contributed by atoms with Crippen LogP contribution in [0.25, 0.3) is 0 Å². The molecular formula is C12H20N2O. The molecule has 3 heteroatoms. The Morgan fingerprint density at radius 3 is 2.20 bits per heavy atom. The summed E-state index contributed by atoms with van der Waals surface area (Å²) in [6, 6.07) is 0.908. The molecule has 2 unspecified atom stereocenters. The second-order valence-electron chi connectivity index (χ2n) is 5.36. The minimum atomic E-state index is 0.349. The van der Waals surface area contributed by atoms with E-state index in [9.17, 15) is 4.79 Å². The molecule has 2 heterocycles. The summed E-state index contributed by atoms with van der Waals surface area (Å²) < 4.78 is 0. The maximum Gasteiger partial charge on any atom is 0.222 e. The van der Waals surface area contributed by atoms with E-state index in [1.165, 1.54) is 25.9 Å². The number of hydrogen-bond donors (Lipinski definition) is 0. The fraction of sp³-hybridized carbons (Fsp3) is 0.917. The number of carbonyl (C=O) groups excluding carboxylic acids is 1. The molecule has 2 atom stereocenters. The quantitative estimate of drug-likeness (QED) is 0.674. The molecular weight excluding hydrogens is 188 g/mol. The molecule has 3 rings (SSSR count). The summed E-state index contributed by atoms with van der Waals surface area (Å²) in [4.78, 5) is 16.3. The van der Waals surface area contributed by atoms with Crippen LogP contribution in [0, 0.1) is 11.8 Å². The number of rotatable bonds is 2. The van der Waals surface area contributed by atoms with Crippen molar-refractivity contribution >= 4 is 5.91 Å². The van der Waals surface area contributed by atoms with Gasteiger partial charge in [-0.05, 0) is 24.7 Å². The summed E-state index contributed by atoms with van der Waals surface area (Å²) in [6.45, 7) is 6.53. The van der Waals surface area contributed by atoms with Crippen LogP contribution < -0.4 is 0 Å². The maximum absolute atomic E-state index is 11.6. The molecule has 15 heavy (non-hydrogen) atoms. The fourth-order valence-electron chi connectivity index (χ4n) is 3.19. The van der Waals surface area contributed by atoms with Gasteiger partial charge in [0.1, 0.15) is 0 Å². The zero-order valence-electron chi connectivity index (χ0n) is 9.48. The van der Waals surface area contributed by atoms with Crippen molar-refractivity contribution in [1.29, 1.82) is 0 Å². The Labute approximate surface area is 91.4 Å². The van der Waals surface area contributed by atoms with Crippen molar-refractivity contribution in [2.75, 3.05) is 26.2 Å². The van der Waals surface area contributed by atoms with Crippen molar-refractivity contribution < 1.29 is 4.79 Å². The summed E-state index contributed by atoms with van der Waals surface area (Å²) in [6.07, 6.45) is 3.50. The van der Waals surface area contributed by atoms with Crippen molar-refractivity contribution in [1.82, 2.24) is 9.80 Å². The summed E-state index contributed by atoms with van der Waals surface area (Å²) in [5, 5.41) is 0. The first kappa shape index (κ1) is 9.64. The molecule has 0 radical (unpaired) electrons. The topological polar surface area (TPSA) is 23.6 Å². The van der Waals surface area contributed by atoms with E-state index in [2.05, 4.69) is 9.80 Å². The lowest BCUT2D eigenvalue weighted by atomic mass is 10.0. The Hall–Kier alpha value is -0.570. The molecule has 1 saturated carbocycles. The highest BCUT2D eigenvalue weighted by Gasteiger charge is 2.44. The normalized spacial score (nSPS) is 35.9. The minimum absolute atomic E-state index is 0.349. The van der Waals surface area contributed by atoms with Gasteiger partial charge in [-0.3, -0.25) is 9.69 Å². The predicted molar refractivity (Wildman–Crippen MR) is 58.4 cm³/mol. The van der Waals surface area contributed by atoms with Crippen LogP contribution in [0.3, 0.4) is 0 Å². The van der Waals surface area contributed by atoms with Gasteiger partial charge in [-0.15, -0.1) is 0 Å². The van der Waals surface area contributed by atoms with Gasteiger partial charge in [-0.25, -0.2) is 0 Å². The van der Waals surface area contributed by atoms with Gasteiger partial charge >= 0.3 is 0 Å². The lowest BCUT2D eigenvalue weighted by Gasteiger charge is -2.20. The second-order valence-corrected chi connectivity index (χ2v) is 5.36. The van der Waals surface area contributed by atoms with Crippen LogP contribution in [0.2, 0.25) is 0 Å². The van der Waals surface area contributed by atoms with Crippen LogP contribution >= 0.6 is 0 Å². The van der Waals surface area contributed by atoms with Crippen LogP contribution in [0.5, 0.6) is 0 Å². The van der Waals surface area contributed by atoms with Gasteiger partial charge in [0.25, 0.3) is 0 Å². The Kier molecular flexibility index (Phi) is 2.23. The van der Waals surface area contributed by atoms with E-state index < -0.39 is 0 Å². The second kappa shape index (κ2) is 3.48. The molecule has 0 spiro atoms. The van der Waals surface area contributed by atoms with Crippen molar-refractivity contribution in [3.63, 3.8) is 0 Å². The van der Waals surface area contributed by atoms with E-state index >= 15 is 0 Å². The van der Waals surface area contributed by atoms with E-state index in [1.54, 1.807) is 0 Å². The van der Waals surface area contributed by atoms with Crippen molar-refractivity contribution in [3.05, 3.63) is 0 Å². The molecule has 1 aliphatic carbocycles. The van der Waals surface area contributed by atoms with E-state index in [1.807, 2.05) is 6.92 Å². The Bertz CT molecular complexity index is 261. The van der Waals surface area contributed by atoms with Crippen molar-refractivity contribution in [3.8, 4) is 0 Å². The highest BCUT2D eigenvalue weighted by molar-refractivity contribution is 5.76. The van der Waals surface area contributed by atoms with Crippen LogP contribution in [0.1, 0.15) is 26.2 Å². The zero-order chi connectivity index (χ0) is 10.4. The maximum atomic E-state index is 11.6. The number of fused-ring (bicyclic) bond motifs is 1. The van der Waals surface area contributed by atoms with Gasteiger partial charge in [-0.2, -0.15) is 0 Å². The zero-order valence-corrected chi connectivity index (χ0v) is 9.48. The molecule has 84 valence electrons. The molecule has 0 aromatic heterocycles. The number of hydrogen-bond acceptors (Lipinski definition) is 2. The highest BCUT2D eigenvalue weighted by Crippen LogP contribution is 2.37. The fourth-order valence-corrected chi connectivity index (χ4v) is 3.19. The first-order chi connectivity index (χ1) is 7.28. The largest absolute Gasteiger partial charge is 0.342 e. The molecule has 2 saturated heterocycles. The van der Waals surface area contributed by atoms with Crippen molar-refractivity contribution in [2.45, 2.75) is 32.2 Å². The SMILES string of the molecule is CCC(=O)N1CC2CN(C3CC3)CC2C1. The van der Waals surface area contributed by atoms with Crippen LogP contribution in [-0.4, -0.2) is 47.9 Å². The molecule has 3 aliphatic rings. The molecule has 3 fully saturated rings. The first-order valence-electron chi connectivity index (χ1n) is 6.29. The van der Waals surface area contributed by atoms with Crippen LogP contribution in [-0.2, 0) is 4.79 Å². The van der Waals surface area contributed by atoms with Gasteiger partial charge in [0.2, 0.25) is 5.91 Å². The molecule has 0 aromatic carbocycles. The Morgan fingerprint density at radius 2 is 1.73 bits per heavy atom. The average Bonchev–Trinajstić information content (AvgIpc) is 2.89. The van der Waals surface area contributed by atoms with Crippen LogP contribution in [0.15, 0.2) is 0 Å². The van der Waals surface area contributed by atoms with Crippen molar-refractivity contribution in [2.24, 2.45) is 11.8 Å². The molecule has 0 aromatic rings. The molecule has 2 aliphatic heterocycles. The lowest BCUT2D eigenvalue weighted by Crippen LogP contribution is -2.33. The van der Waals surface area contributed by atoms with E-state index in [4.69, 9.17) is 0 Å². The van der Waals surface area contributed by atoms with Crippen LogP contribution in [0.4, 0.5) is 0 Å². The third-order valence-electron chi connectivity index (χ3n) is 4.23. The third kappa shape index (κ3) is 1.67. The van der Waals surface area contributed by atoms with E-state index in [0.717, 1.165) is 31.0 Å². The smallest absolute Gasteiger partial charge is 0.222 e. The number of carbonyl (C=O) groups is 1. The summed E-state index contributed by atoms with van der Waals surface area (Å²) >= 11 is 0. The van der Waals surface area contributed by atoms with E-state index in [-0.39, 0.29) is 0 Å². The summed E-state index contributed by atoms with van der Waals surface area (Å²) in [5.74, 6) is 1.91. The first-order valence-corrected chi connectivity index (χ1v) is 6.29. The minimum Gasteiger partial charge on any atom is -0.342 e. The predicted octanol–water partition coefficient (Wildman–Crippen LogP) is 0.949. The van der Waals surface area contributed by atoms with Gasteiger partial charge in [0.05, 0.1) is 0 Å². The molecule has 1 amide bonds. The Morgan fingerprint density at radius 1 is 1.13 bits per heavy atom. The molecule has 0 N–H and O–H groups in total. The molecule has 3 nitrogen and oxygen atoms in total. The van der Waals surface area contributed by atoms with Gasteiger partial charge in [0, 0.05) is 38.6 Å². The summed E-state index contributed by atoms with van der Waals surface area (Å²) in [7, 11) is 0. The van der Waals surface area contributed by atoms with Gasteiger partial charge in [0.15, 0.2) is 0 Å². The molecule has 0 bridgehead atoms. The van der Waals surface area contributed by atoms with E-state index in [0.29, 0.717) is 12.3 Å². The van der Waals surface area contributed by atoms with Gasteiger partial charge < -0.3 is 4.90 Å². The lowest BCUT2D eigenvalue weighted by molar-refractivity contribution is -0.130. The highest BCUT2D eigenvalue weighted by atomic mass is 16.2. The number of likely N-dealkylation sites (tertiary alicyclic amines) is 2. The Balaban J connectivity index is 1.58.